The Morgan fingerprint density at radius 2 is 2.17 bits per heavy atom. The highest BCUT2D eigenvalue weighted by Crippen LogP contribution is 2.15. The molecule has 0 aromatic carbocycles. The molecule has 70 valence electrons. The lowest BCUT2D eigenvalue weighted by Crippen LogP contribution is -2.37. The van der Waals surface area contributed by atoms with E-state index in [1.54, 1.807) is 7.05 Å². The summed E-state index contributed by atoms with van der Waals surface area (Å²) >= 11 is 0. The first-order valence-corrected chi connectivity index (χ1v) is 4.71. The molecular formula is C9H19N3. The molecule has 0 saturated carbocycles. The fraction of sp³-hybridized carbons (Fsp3) is 0.889. The molecule has 2 N–H and O–H groups in total. The maximum atomic E-state index is 5.74. The van der Waals surface area contributed by atoms with E-state index >= 15 is 0 Å². The van der Waals surface area contributed by atoms with Gasteiger partial charge in [0.1, 0.15) is 0 Å². The van der Waals surface area contributed by atoms with Crippen molar-refractivity contribution >= 4 is 5.96 Å². The van der Waals surface area contributed by atoms with Crippen molar-refractivity contribution in [3.05, 3.63) is 0 Å². The van der Waals surface area contributed by atoms with Gasteiger partial charge in [-0.2, -0.15) is 0 Å². The van der Waals surface area contributed by atoms with Crippen molar-refractivity contribution in [2.24, 2.45) is 16.6 Å². The molecule has 1 heterocycles. The third kappa shape index (κ3) is 2.40. The Bertz CT molecular complexity index is 165. The zero-order chi connectivity index (χ0) is 8.97. The highest BCUT2D eigenvalue weighted by molar-refractivity contribution is 5.77. The quantitative estimate of drug-likeness (QED) is 0.435. The number of hydrogen-bond acceptors (Lipinski definition) is 1. The van der Waals surface area contributed by atoms with Crippen LogP contribution in [0.4, 0.5) is 0 Å². The van der Waals surface area contributed by atoms with E-state index in [4.69, 9.17) is 5.73 Å². The Morgan fingerprint density at radius 1 is 1.42 bits per heavy atom. The summed E-state index contributed by atoms with van der Waals surface area (Å²) in [5.41, 5.74) is 5.74. The van der Waals surface area contributed by atoms with Crippen LogP contribution in [0.1, 0.15) is 26.2 Å². The SMILES string of the molecule is CN=C(N)N1CCCC(C)CC1. The van der Waals surface area contributed by atoms with Gasteiger partial charge in [0.25, 0.3) is 0 Å². The summed E-state index contributed by atoms with van der Waals surface area (Å²) < 4.78 is 0. The van der Waals surface area contributed by atoms with Gasteiger partial charge in [0, 0.05) is 20.1 Å². The highest BCUT2D eigenvalue weighted by Gasteiger charge is 2.14. The first-order chi connectivity index (χ1) is 5.74. The summed E-state index contributed by atoms with van der Waals surface area (Å²) in [6.07, 6.45) is 3.82. The van der Waals surface area contributed by atoms with E-state index in [2.05, 4.69) is 16.8 Å². The van der Waals surface area contributed by atoms with Crippen molar-refractivity contribution in [2.45, 2.75) is 26.2 Å². The number of rotatable bonds is 0. The molecule has 3 nitrogen and oxygen atoms in total. The summed E-state index contributed by atoms with van der Waals surface area (Å²) in [5, 5.41) is 0. The Kier molecular flexibility index (Phi) is 3.38. The Morgan fingerprint density at radius 3 is 2.83 bits per heavy atom. The fourth-order valence-corrected chi connectivity index (χ4v) is 1.63. The normalized spacial score (nSPS) is 27.0. The molecule has 1 aliphatic rings. The third-order valence-electron chi connectivity index (χ3n) is 2.57. The molecule has 0 aliphatic carbocycles. The van der Waals surface area contributed by atoms with Gasteiger partial charge in [0.05, 0.1) is 0 Å². The minimum Gasteiger partial charge on any atom is -0.370 e. The van der Waals surface area contributed by atoms with Gasteiger partial charge < -0.3 is 10.6 Å². The number of hydrogen-bond donors (Lipinski definition) is 1. The van der Waals surface area contributed by atoms with Gasteiger partial charge >= 0.3 is 0 Å². The predicted molar refractivity (Wildman–Crippen MR) is 52.1 cm³/mol. The van der Waals surface area contributed by atoms with Crippen LogP contribution in [0.5, 0.6) is 0 Å². The van der Waals surface area contributed by atoms with Gasteiger partial charge in [-0.3, -0.25) is 4.99 Å². The summed E-state index contributed by atoms with van der Waals surface area (Å²) in [4.78, 5) is 6.18. The predicted octanol–water partition coefficient (Wildman–Crippen LogP) is 1.05. The topological polar surface area (TPSA) is 41.6 Å². The van der Waals surface area contributed by atoms with Crippen LogP contribution in [-0.4, -0.2) is 31.0 Å². The van der Waals surface area contributed by atoms with Crippen LogP contribution in [0.25, 0.3) is 0 Å². The first kappa shape index (κ1) is 9.36. The van der Waals surface area contributed by atoms with Gasteiger partial charge in [-0.15, -0.1) is 0 Å². The van der Waals surface area contributed by atoms with Crippen LogP contribution in [0, 0.1) is 5.92 Å². The van der Waals surface area contributed by atoms with Crippen molar-refractivity contribution in [3.8, 4) is 0 Å². The van der Waals surface area contributed by atoms with E-state index < -0.39 is 0 Å². The molecule has 3 heteroatoms. The van der Waals surface area contributed by atoms with E-state index in [9.17, 15) is 0 Å². The minimum absolute atomic E-state index is 0.698. The number of nitrogens with zero attached hydrogens (tertiary/aromatic N) is 2. The zero-order valence-electron chi connectivity index (χ0n) is 8.08. The standard InChI is InChI=1S/C9H19N3/c1-8-4-3-6-12(7-5-8)9(10)11-2/h8H,3-7H2,1-2H3,(H2,10,11). The van der Waals surface area contributed by atoms with Crippen molar-refractivity contribution in [3.63, 3.8) is 0 Å². The Hall–Kier alpha value is -0.730. The lowest BCUT2D eigenvalue weighted by molar-refractivity contribution is 0.420. The number of likely N-dealkylation sites (tertiary alicyclic amines) is 1. The maximum Gasteiger partial charge on any atom is 0.190 e. The second-order valence-electron chi connectivity index (χ2n) is 3.60. The van der Waals surface area contributed by atoms with Crippen LogP contribution in [0.15, 0.2) is 4.99 Å². The molecule has 0 bridgehead atoms. The van der Waals surface area contributed by atoms with Crippen LogP contribution in [0.2, 0.25) is 0 Å². The molecule has 0 spiro atoms. The van der Waals surface area contributed by atoms with Crippen LogP contribution in [0.3, 0.4) is 0 Å². The number of nitrogens with two attached hydrogens (primary N) is 1. The van der Waals surface area contributed by atoms with E-state index in [1.165, 1.54) is 19.3 Å². The second-order valence-corrected chi connectivity index (χ2v) is 3.60. The molecule has 0 aromatic rings. The first-order valence-electron chi connectivity index (χ1n) is 4.71. The van der Waals surface area contributed by atoms with E-state index in [-0.39, 0.29) is 0 Å². The number of guanidine groups is 1. The van der Waals surface area contributed by atoms with Crippen molar-refractivity contribution < 1.29 is 0 Å². The Labute approximate surface area is 74.6 Å². The molecule has 1 atom stereocenters. The lowest BCUT2D eigenvalue weighted by Gasteiger charge is -2.20. The van der Waals surface area contributed by atoms with Gasteiger partial charge in [0.2, 0.25) is 0 Å². The summed E-state index contributed by atoms with van der Waals surface area (Å²) in [7, 11) is 1.75. The minimum atomic E-state index is 0.698. The monoisotopic (exact) mass is 169 g/mol. The molecule has 0 aromatic heterocycles. The van der Waals surface area contributed by atoms with Gasteiger partial charge in [-0.25, -0.2) is 0 Å². The lowest BCUT2D eigenvalue weighted by atomic mass is 10.0. The van der Waals surface area contributed by atoms with E-state index in [0.29, 0.717) is 5.96 Å². The third-order valence-corrected chi connectivity index (χ3v) is 2.57. The number of aliphatic imine (C=N–C) groups is 1. The largest absolute Gasteiger partial charge is 0.370 e. The molecule has 12 heavy (non-hydrogen) atoms. The highest BCUT2D eigenvalue weighted by atomic mass is 15.2. The summed E-state index contributed by atoms with van der Waals surface area (Å²) in [6, 6.07) is 0. The molecule has 1 fully saturated rings. The van der Waals surface area contributed by atoms with E-state index in [1.807, 2.05) is 0 Å². The molecule has 1 rings (SSSR count). The molecule has 1 saturated heterocycles. The van der Waals surface area contributed by atoms with Gasteiger partial charge in [0.15, 0.2) is 5.96 Å². The van der Waals surface area contributed by atoms with Crippen LogP contribution in [-0.2, 0) is 0 Å². The average molecular weight is 169 g/mol. The smallest absolute Gasteiger partial charge is 0.190 e. The maximum absolute atomic E-state index is 5.74. The summed E-state index contributed by atoms with van der Waals surface area (Å²) in [6.45, 7) is 4.46. The zero-order valence-corrected chi connectivity index (χ0v) is 8.08. The fourth-order valence-electron chi connectivity index (χ4n) is 1.63. The van der Waals surface area contributed by atoms with Gasteiger partial charge in [-0.05, 0) is 25.2 Å². The Balaban J connectivity index is 2.46. The van der Waals surface area contributed by atoms with Crippen LogP contribution >= 0.6 is 0 Å². The van der Waals surface area contributed by atoms with Gasteiger partial charge in [-0.1, -0.05) is 6.92 Å². The van der Waals surface area contributed by atoms with Crippen LogP contribution < -0.4 is 5.73 Å². The van der Waals surface area contributed by atoms with Crippen molar-refractivity contribution in [1.29, 1.82) is 0 Å². The van der Waals surface area contributed by atoms with E-state index in [0.717, 1.165) is 19.0 Å². The molecule has 1 aliphatic heterocycles. The summed E-state index contributed by atoms with van der Waals surface area (Å²) in [5.74, 6) is 1.55. The molecule has 1 unspecified atom stereocenters. The molecular weight excluding hydrogens is 150 g/mol. The molecule has 0 amide bonds. The van der Waals surface area contributed by atoms with Crippen molar-refractivity contribution in [1.82, 2.24) is 4.90 Å². The van der Waals surface area contributed by atoms with Crippen molar-refractivity contribution in [2.75, 3.05) is 20.1 Å². The second kappa shape index (κ2) is 4.33. The molecule has 0 radical (unpaired) electrons. The average Bonchev–Trinajstić information content (AvgIpc) is 2.29.